The Morgan fingerprint density at radius 1 is 1.11 bits per heavy atom. The van der Waals surface area contributed by atoms with Gasteiger partial charge in [0.15, 0.2) is 5.82 Å². The number of hydrogen-bond donors (Lipinski definition) is 1. The van der Waals surface area contributed by atoms with Crippen molar-refractivity contribution in [2.75, 3.05) is 7.05 Å². The molecule has 0 fully saturated rings. The number of benzene rings is 2. The Balaban J connectivity index is 1.92. The van der Waals surface area contributed by atoms with Crippen LogP contribution in [0.3, 0.4) is 0 Å². The summed E-state index contributed by atoms with van der Waals surface area (Å²) >= 11 is 0. The molecule has 1 aromatic heterocycles. The predicted octanol–water partition coefficient (Wildman–Crippen LogP) is 2.20. The van der Waals surface area contributed by atoms with Gasteiger partial charge < -0.3 is 5.32 Å². The molecule has 0 unspecified atom stereocenters. The Hall–Kier alpha value is -2.20. The molecule has 0 aliphatic rings. The van der Waals surface area contributed by atoms with E-state index in [1.807, 2.05) is 11.7 Å². The summed E-state index contributed by atoms with van der Waals surface area (Å²) in [6.45, 7) is 1.45. The van der Waals surface area contributed by atoms with Gasteiger partial charge in [0.25, 0.3) is 0 Å². The normalized spacial score (nSPS) is 11.0. The zero-order valence-electron chi connectivity index (χ0n) is 10.9. The van der Waals surface area contributed by atoms with Gasteiger partial charge in [-0.2, -0.15) is 5.10 Å². The predicted molar refractivity (Wildman–Crippen MR) is 75.8 cm³/mol. The topological polar surface area (TPSA) is 42.7 Å². The van der Waals surface area contributed by atoms with Crippen molar-refractivity contribution in [1.82, 2.24) is 20.1 Å². The van der Waals surface area contributed by atoms with Crippen LogP contribution in [0.1, 0.15) is 11.4 Å². The molecule has 4 nitrogen and oxygen atoms in total. The minimum absolute atomic E-state index is 0.697. The second kappa shape index (κ2) is 5.20. The smallest absolute Gasteiger partial charge is 0.164 e. The average molecular weight is 252 g/mol. The molecule has 0 saturated carbocycles. The first-order valence-corrected chi connectivity index (χ1v) is 6.36. The van der Waals surface area contributed by atoms with Gasteiger partial charge in [-0.1, -0.05) is 42.5 Å². The van der Waals surface area contributed by atoms with Crippen molar-refractivity contribution < 1.29 is 0 Å². The Morgan fingerprint density at radius 2 is 1.95 bits per heavy atom. The van der Waals surface area contributed by atoms with Crippen LogP contribution in [0, 0.1) is 0 Å². The minimum atomic E-state index is 0.697. The highest BCUT2D eigenvalue weighted by Crippen LogP contribution is 2.19. The number of nitrogens with zero attached hydrogens (tertiary/aromatic N) is 3. The van der Waals surface area contributed by atoms with E-state index in [1.165, 1.54) is 16.3 Å². The highest BCUT2D eigenvalue weighted by Gasteiger charge is 2.03. The molecule has 2 aromatic carbocycles. The molecule has 1 N–H and O–H groups in total. The van der Waals surface area contributed by atoms with Crippen LogP contribution >= 0.6 is 0 Å². The van der Waals surface area contributed by atoms with Gasteiger partial charge in [-0.05, 0) is 23.4 Å². The second-order valence-corrected chi connectivity index (χ2v) is 4.53. The van der Waals surface area contributed by atoms with E-state index in [2.05, 4.69) is 57.9 Å². The molecular formula is C15H16N4. The van der Waals surface area contributed by atoms with Crippen LogP contribution in [0.15, 0.2) is 48.8 Å². The zero-order chi connectivity index (χ0) is 13.1. The molecule has 0 aliphatic heterocycles. The van der Waals surface area contributed by atoms with E-state index in [0.717, 1.165) is 12.4 Å². The Kier molecular flexibility index (Phi) is 3.25. The van der Waals surface area contributed by atoms with E-state index in [1.54, 1.807) is 6.33 Å². The fourth-order valence-electron chi connectivity index (χ4n) is 2.25. The van der Waals surface area contributed by atoms with E-state index in [9.17, 15) is 0 Å². The molecule has 4 heteroatoms. The van der Waals surface area contributed by atoms with E-state index in [0.29, 0.717) is 6.54 Å². The van der Waals surface area contributed by atoms with Gasteiger partial charge in [0.05, 0.1) is 13.1 Å². The molecule has 0 aliphatic carbocycles. The molecule has 0 atom stereocenters. The van der Waals surface area contributed by atoms with Crippen LogP contribution in [-0.2, 0) is 13.1 Å². The molecule has 0 saturated heterocycles. The summed E-state index contributed by atoms with van der Waals surface area (Å²) in [4.78, 5) is 4.27. The Labute approximate surface area is 112 Å². The van der Waals surface area contributed by atoms with Gasteiger partial charge in [0.1, 0.15) is 6.33 Å². The summed E-state index contributed by atoms with van der Waals surface area (Å²) in [5.41, 5.74) is 1.26. The highest BCUT2D eigenvalue weighted by atomic mass is 15.3. The Bertz CT molecular complexity index is 682. The minimum Gasteiger partial charge on any atom is -0.313 e. The molecule has 0 bridgehead atoms. The summed E-state index contributed by atoms with van der Waals surface area (Å²) in [5.74, 6) is 0.822. The van der Waals surface area contributed by atoms with Crippen molar-refractivity contribution in [3.8, 4) is 0 Å². The summed E-state index contributed by atoms with van der Waals surface area (Å²) in [6.07, 6.45) is 1.79. The number of hydrogen-bond acceptors (Lipinski definition) is 3. The summed E-state index contributed by atoms with van der Waals surface area (Å²) in [7, 11) is 1.89. The first-order chi connectivity index (χ1) is 9.36. The summed E-state index contributed by atoms with van der Waals surface area (Å²) in [5, 5.41) is 10.0. The SMILES string of the molecule is CNCc1ncn(Cc2cccc3ccccc23)n1. The van der Waals surface area contributed by atoms with E-state index >= 15 is 0 Å². The van der Waals surface area contributed by atoms with E-state index < -0.39 is 0 Å². The van der Waals surface area contributed by atoms with E-state index in [-0.39, 0.29) is 0 Å². The van der Waals surface area contributed by atoms with Crippen molar-refractivity contribution in [1.29, 1.82) is 0 Å². The summed E-state index contributed by atoms with van der Waals surface area (Å²) in [6, 6.07) is 14.8. The van der Waals surface area contributed by atoms with Crippen LogP contribution in [0.4, 0.5) is 0 Å². The average Bonchev–Trinajstić information content (AvgIpc) is 2.87. The lowest BCUT2D eigenvalue weighted by molar-refractivity contribution is 0.661. The lowest BCUT2D eigenvalue weighted by Gasteiger charge is -2.06. The number of aromatic nitrogens is 3. The molecule has 0 radical (unpaired) electrons. The highest BCUT2D eigenvalue weighted by molar-refractivity contribution is 5.85. The monoisotopic (exact) mass is 252 g/mol. The van der Waals surface area contributed by atoms with Gasteiger partial charge in [0.2, 0.25) is 0 Å². The van der Waals surface area contributed by atoms with Crippen LogP contribution in [0.2, 0.25) is 0 Å². The molecule has 3 rings (SSSR count). The molecular weight excluding hydrogens is 236 g/mol. The third kappa shape index (κ3) is 2.48. The van der Waals surface area contributed by atoms with Gasteiger partial charge >= 0.3 is 0 Å². The first-order valence-electron chi connectivity index (χ1n) is 6.36. The maximum Gasteiger partial charge on any atom is 0.164 e. The quantitative estimate of drug-likeness (QED) is 0.774. The Morgan fingerprint density at radius 3 is 2.84 bits per heavy atom. The second-order valence-electron chi connectivity index (χ2n) is 4.53. The van der Waals surface area contributed by atoms with Gasteiger partial charge in [-0.15, -0.1) is 0 Å². The standard InChI is InChI=1S/C15H16N4/c1-16-9-15-17-11-19(18-15)10-13-7-4-6-12-5-2-3-8-14(12)13/h2-8,11,16H,9-10H2,1H3. The third-order valence-electron chi connectivity index (χ3n) is 3.13. The molecule has 0 spiro atoms. The van der Waals surface area contributed by atoms with Crippen LogP contribution in [0.5, 0.6) is 0 Å². The third-order valence-corrected chi connectivity index (χ3v) is 3.13. The first kappa shape index (κ1) is 11.9. The number of fused-ring (bicyclic) bond motifs is 1. The maximum atomic E-state index is 4.45. The van der Waals surface area contributed by atoms with Crippen LogP contribution in [0.25, 0.3) is 10.8 Å². The van der Waals surface area contributed by atoms with E-state index in [4.69, 9.17) is 0 Å². The lowest BCUT2D eigenvalue weighted by atomic mass is 10.0. The van der Waals surface area contributed by atoms with Crippen LogP contribution in [-0.4, -0.2) is 21.8 Å². The molecule has 0 amide bonds. The van der Waals surface area contributed by atoms with Gasteiger partial charge in [-0.25, -0.2) is 9.67 Å². The van der Waals surface area contributed by atoms with Gasteiger partial charge in [-0.3, -0.25) is 0 Å². The van der Waals surface area contributed by atoms with Crippen molar-refractivity contribution in [2.45, 2.75) is 13.1 Å². The fourth-order valence-corrected chi connectivity index (χ4v) is 2.25. The number of nitrogens with one attached hydrogen (secondary N) is 1. The molecule has 1 heterocycles. The lowest BCUT2D eigenvalue weighted by Crippen LogP contribution is -2.08. The number of rotatable bonds is 4. The molecule has 3 aromatic rings. The van der Waals surface area contributed by atoms with Crippen molar-refractivity contribution >= 4 is 10.8 Å². The van der Waals surface area contributed by atoms with Crippen molar-refractivity contribution in [3.63, 3.8) is 0 Å². The summed E-state index contributed by atoms with van der Waals surface area (Å²) < 4.78 is 1.88. The molecule has 19 heavy (non-hydrogen) atoms. The maximum absolute atomic E-state index is 4.45. The van der Waals surface area contributed by atoms with Gasteiger partial charge in [0, 0.05) is 0 Å². The molecule has 96 valence electrons. The fraction of sp³-hybridized carbons (Fsp3) is 0.200. The van der Waals surface area contributed by atoms with Crippen molar-refractivity contribution in [2.24, 2.45) is 0 Å². The van der Waals surface area contributed by atoms with Crippen LogP contribution < -0.4 is 5.32 Å². The van der Waals surface area contributed by atoms with Crippen molar-refractivity contribution in [3.05, 3.63) is 60.2 Å². The zero-order valence-corrected chi connectivity index (χ0v) is 10.9. The largest absolute Gasteiger partial charge is 0.313 e.